The first-order valence-corrected chi connectivity index (χ1v) is 7.32. The number of likely N-dealkylation sites (tertiary alicyclic amines) is 1. The smallest absolute Gasteiger partial charge is 0.0220 e. The zero-order chi connectivity index (χ0) is 12.8. The molecule has 0 aliphatic carbocycles. The zero-order valence-electron chi connectivity index (χ0n) is 11.9. The van der Waals surface area contributed by atoms with Crippen LogP contribution in [0.3, 0.4) is 0 Å². The molecule has 1 aliphatic rings. The Morgan fingerprint density at radius 1 is 1.44 bits per heavy atom. The number of hydrogen-bond donors (Lipinski definition) is 1. The van der Waals surface area contributed by atoms with E-state index in [0.29, 0.717) is 0 Å². The Labute approximate surface area is 111 Å². The number of hydrogen-bond acceptors (Lipinski definition) is 2. The van der Waals surface area contributed by atoms with Gasteiger partial charge in [0, 0.05) is 32.0 Å². The van der Waals surface area contributed by atoms with Crippen LogP contribution in [0, 0.1) is 5.92 Å². The van der Waals surface area contributed by atoms with Crippen LogP contribution in [0.4, 0.5) is 0 Å². The molecule has 0 spiro atoms. The molecule has 18 heavy (non-hydrogen) atoms. The minimum Gasteiger partial charge on any atom is -0.354 e. The molecule has 1 fully saturated rings. The maximum Gasteiger partial charge on any atom is 0.0220 e. The van der Waals surface area contributed by atoms with Crippen LogP contribution in [0.15, 0.2) is 18.5 Å². The van der Waals surface area contributed by atoms with Crippen LogP contribution in [0.1, 0.15) is 31.7 Å². The van der Waals surface area contributed by atoms with Gasteiger partial charge in [-0.25, -0.2) is 0 Å². The van der Waals surface area contributed by atoms with Gasteiger partial charge in [-0.15, -0.1) is 0 Å². The molecule has 1 aromatic heterocycles. The van der Waals surface area contributed by atoms with Gasteiger partial charge in [-0.3, -0.25) is 0 Å². The molecular weight excluding hydrogens is 222 g/mol. The second-order valence-corrected chi connectivity index (χ2v) is 5.66. The van der Waals surface area contributed by atoms with E-state index in [1.807, 2.05) is 0 Å². The molecule has 1 aromatic rings. The minimum absolute atomic E-state index is 0.835. The molecule has 1 N–H and O–H groups in total. The van der Waals surface area contributed by atoms with Gasteiger partial charge in [0.2, 0.25) is 0 Å². The summed E-state index contributed by atoms with van der Waals surface area (Å²) in [7, 11) is 2.23. The Hall–Kier alpha value is -0.800. The molecular formula is C15H27N3. The van der Waals surface area contributed by atoms with E-state index in [9.17, 15) is 0 Å². The van der Waals surface area contributed by atoms with Gasteiger partial charge < -0.3 is 14.8 Å². The van der Waals surface area contributed by atoms with Crippen LogP contribution >= 0.6 is 0 Å². The summed E-state index contributed by atoms with van der Waals surface area (Å²) in [6.07, 6.45) is 8.40. The van der Waals surface area contributed by atoms with Crippen LogP contribution in [-0.2, 0) is 13.1 Å². The van der Waals surface area contributed by atoms with E-state index in [-0.39, 0.29) is 0 Å². The van der Waals surface area contributed by atoms with Gasteiger partial charge in [-0.1, -0.05) is 6.92 Å². The van der Waals surface area contributed by atoms with Gasteiger partial charge >= 0.3 is 0 Å². The molecule has 1 unspecified atom stereocenters. The SMILES string of the molecule is CCCn1ccc(CNCC2CCCN(C)C2)c1. The van der Waals surface area contributed by atoms with E-state index < -0.39 is 0 Å². The minimum atomic E-state index is 0.835. The van der Waals surface area contributed by atoms with Crippen molar-refractivity contribution in [2.24, 2.45) is 5.92 Å². The summed E-state index contributed by atoms with van der Waals surface area (Å²) in [4.78, 5) is 2.45. The fourth-order valence-corrected chi connectivity index (χ4v) is 2.85. The van der Waals surface area contributed by atoms with E-state index in [2.05, 4.69) is 47.2 Å². The second-order valence-electron chi connectivity index (χ2n) is 5.66. The largest absolute Gasteiger partial charge is 0.354 e. The van der Waals surface area contributed by atoms with Gasteiger partial charge in [-0.2, -0.15) is 0 Å². The number of piperidine rings is 1. The molecule has 1 atom stereocenters. The third-order valence-electron chi connectivity index (χ3n) is 3.78. The third kappa shape index (κ3) is 4.14. The highest BCUT2D eigenvalue weighted by Gasteiger charge is 2.16. The number of aromatic nitrogens is 1. The van der Waals surface area contributed by atoms with Crippen molar-refractivity contribution in [2.75, 3.05) is 26.7 Å². The molecule has 1 saturated heterocycles. The lowest BCUT2D eigenvalue weighted by atomic mass is 9.98. The lowest BCUT2D eigenvalue weighted by molar-refractivity contribution is 0.206. The predicted molar refractivity (Wildman–Crippen MR) is 76.7 cm³/mol. The van der Waals surface area contributed by atoms with Crippen molar-refractivity contribution < 1.29 is 0 Å². The maximum absolute atomic E-state index is 3.61. The molecule has 2 heterocycles. The lowest BCUT2D eigenvalue weighted by Gasteiger charge is -2.29. The van der Waals surface area contributed by atoms with Gasteiger partial charge in [0.1, 0.15) is 0 Å². The van der Waals surface area contributed by atoms with Crippen LogP contribution < -0.4 is 5.32 Å². The monoisotopic (exact) mass is 249 g/mol. The van der Waals surface area contributed by atoms with Crippen LogP contribution in [-0.4, -0.2) is 36.1 Å². The van der Waals surface area contributed by atoms with Crippen molar-refractivity contribution in [3.05, 3.63) is 24.0 Å². The number of aryl methyl sites for hydroxylation is 1. The number of nitrogens with one attached hydrogen (secondary N) is 1. The van der Waals surface area contributed by atoms with Gasteiger partial charge in [0.25, 0.3) is 0 Å². The summed E-state index contributed by atoms with van der Waals surface area (Å²) >= 11 is 0. The molecule has 2 rings (SSSR count). The topological polar surface area (TPSA) is 20.2 Å². The first-order valence-electron chi connectivity index (χ1n) is 7.32. The Morgan fingerprint density at radius 2 is 2.33 bits per heavy atom. The average molecular weight is 249 g/mol. The van der Waals surface area contributed by atoms with Crippen molar-refractivity contribution in [1.29, 1.82) is 0 Å². The summed E-state index contributed by atoms with van der Waals surface area (Å²) < 4.78 is 2.28. The molecule has 0 amide bonds. The van der Waals surface area contributed by atoms with Crippen LogP contribution in [0.25, 0.3) is 0 Å². The Bertz CT molecular complexity index is 345. The van der Waals surface area contributed by atoms with Crippen molar-refractivity contribution in [2.45, 2.75) is 39.3 Å². The molecule has 3 nitrogen and oxygen atoms in total. The molecule has 1 aliphatic heterocycles. The fraction of sp³-hybridized carbons (Fsp3) is 0.733. The number of rotatable bonds is 6. The highest BCUT2D eigenvalue weighted by Crippen LogP contribution is 2.14. The quantitative estimate of drug-likeness (QED) is 0.835. The second kappa shape index (κ2) is 6.95. The predicted octanol–water partition coefficient (Wildman–Crippen LogP) is 2.33. The fourth-order valence-electron chi connectivity index (χ4n) is 2.85. The van der Waals surface area contributed by atoms with E-state index in [4.69, 9.17) is 0 Å². The standard InChI is InChI=1S/C15H27N3/c1-3-7-18-9-6-15(13-18)11-16-10-14-5-4-8-17(2)12-14/h6,9,13-14,16H,3-5,7-8,10-12H2,1-2H3. The first kappa shape index (κ1) is 13.6. The molecule has 0 saturated carbocycles. The lowest BCUT2D eigenvalue weighted by Crippen LogP contribution is -2.37. The molecule has 0 aromatic carbocycles. The summed E-state index contributed by atoms with van der Waals surface area (Å²) in [5.41, 5.74) is 1.41. The first-order chi connectivity index (χ1) is 8.78. The number of nitrogens with zero attached hydrogens (tertiary/aromatic N) is 2. The van der Waals surface area contributed by atoms with E-state index in [1.165, 1.54) is 37.9 Å². The summed E-state index contributed by atoms with van der Waals surface area (Å²) in [6.45, 7) is 8.05. The van der Waals surface area contributed by atoms with Crippen molar-refractivity contribution in [3.8, 4) is 0 Å². The third-order valence-corrected chi connectivity index (χ3v) is 3.78. The highest BCUT2D eigenvalue weighted by molar-refractivity contribution is 5.09. The van der Waals surface area contributed by atoms with Gasteiger partial charge in [-0.05, 0) is 56.9 Å². The molecule has 0 radical (unpaired) electrons. The Kier molecular flexibility index (Phi) is 5.26. The van der Waals surface area contributed by atoms with Crippen molar-refractivity contribution in [3.63, 3.8) is 0 Å². The molecule has 0 bridgehead atoms. The average Bonchev–Trinajstić information content (AvgIpc) is 2.78. The van der Waals surface area contributed by atoms with E-state index in [0.717, 1.165) is 25.6 Å². The van der Waals surface area contributed by atoms with Crippen molar-refractivity contribution >= 4 is 0 Å². The Balaban J connectivity index is 1.67. The van der Waals surface area contributed by atoms with Crippen LogP contribution in [0.2, 0.25) is 0 Å². The van der Waals surface area contributed by atoms with Gasteiger partial charge in [0.15, 0.2) is 0 Å². The maximum atomic E-state index is 3.61. The highest BCUT2D eigenvalue weighted by atomic mass is 15.1. The van der Waals surface area contributed by atoms with Crippen LogP contribution in [0.5, 0.6) is 0 Å². The molecule has 3 heteroatoms. The summed E-state index contributed by atoms with van der Waals surface area (Å²) in [5.74, 6) is 0.835. The molecule has 102 valence electrons. The Morgan fingerprint density at radius 3 is 3.11 bits per heavy atom. The summed E-state index contributed by atoms with van der Waals surface area (Å²) in [5, 5.41) is 3.61. The van der Waals surface area contributed by atoms with Gasteiger partial charge in [0.05, 0.1) is 0 Å². The zero-order valence-corrected chi connectivity index (χ0v) is 11.9. The van der Waals surface area contributed by atoms with E-state index >= 15 is 0 Å². The van der Waals surface area contributed by atoms with E-state index in [1.54, 1.807) is 0 Å². The normalized spacial score (nSPS) is 21.3. The van der Waals surface area contributed by atoms with Crippen molar-refractivity contribution in [1.82, 2.24) is 14.8 Å². The summed E-state index contributed by atoms with van der Waals surface area (Å²) in [6, 6.07) is 2.23.